The molecule has 1 amide bonds. The van der Waals surface area contributed by atoms with E-state index in [2.05, 4.69) is 5.32 Å². The first kappa shape index (κ1) is 20.5. The summed E-state index contributed by atoms with van der Waals surface area (Å²) >= 11 is 5.94. The molecule has 1 N–H and O–H groups in total. The van der Waals surface area contributed by atoms with Crippen LogP contribution >= 0.6 is 11.6 Å². The van der Waals surface area contributed by atoms with Crippen molar-refractivity contribution < 1.29 is 17.9 Å². The van der Waals surface area contributed by atoms with Crippen LogP contribution in [0.3, 0.4) is 0 Å². The molecule has 0 atom stereocenters. The van der Waals surface area contributed by atoms with Gasteiger partial charge in [-0.2, -0.15) is 4.31 Å². The molecule has 2 heterocycles. The first-order valence-corrected chi connectivity index (χ1v) is 10.4. The molecule has 0 bridgehead atoms. The number of aromatic nitrogens is 1. The van der Waals surface area contributed by atoms with Crippen LogP contribution in [-0.4, -0.2) is 49.5 Å². The topological polar surface area (TPSA) is 97.7 Å². The number of carbonyl (C=O) groups excluding carboxylic acids is 1. The number of benzene rings is 1. The number of hydrogen-bond donors (Lipinski definition) is 1. The third-order valence-electron chi connectivity index (χ3n) is 4.36. The Morgan fingerprint density at radius 2 is 1.96 bits per heavy atom. The maximum absolute atomic E-state index is 12.8. The Hall–Kier alpha value is -2.20. The van der Waals surface area contributed by atoms with E-state index < -0.39 is 21.5 Å². The van der Waals surface area contributed by atoms with Crippen molar-refractivity contribution in [3.63, 3.8) is 0 Å². The SMILES string of the molecule is Cc1ccc(Cl)cc1NC(=O)Cn1cccc(S(=O)(=O)N2CCOCC2)c1=O. The van der Waals surface area contributed by atoms with Gasteiger partial charge in [-0.1, -0.05) is 17.7 Å². The first-order valence-electron chi connectivity index (χ1n) is 8.62. The summed E-state index contributed by atoms with van der Waals surface area (Å²) in [4.78, 5) is 24.7. The fourth-order valence-electron chi connectivity index (χ4n) is 2.84. The molecule has 3 rings (SSSR count). The lowest BCUT2D eigenvalue weighted by Gasteiger charge is -2.25. The number of sulfonamides is 1. The second-order valence-electron chi connectivity index (χ2n) is 6.33. The highest BCUT2D eigenvalue weighted by Gasteiger charge is 2.29. The average molecular weight is 426 g/mol. The van der Waals surface area contributed by atoms with Gasteiger partial charge >= 0.3 is 0 Å². The summed E-state index contributed by atoms with van der Waals surface area (Å²) in [6.45, 7) is 2.42. The van der Waals surface area contributed by atoms with E-state index in [0.29, 0.717) is 10.7 Å². The summed E-state index contributed by atoms with van der Waals surface area (Å²) in [5, 5.41) is 3.16. The Labute approximate surface area is 167 Å². The third kappa shape index (κ3) is 4.44. The molecule has 0 unspecified atom stereocenters. The molecule has 0 saturated carbocycles. The van der Waals surface area contributed by atoms with Crippen molar-refractivity contribution in [3.05, 3.63) is 57.5 Å². The first-order chi connectivity index (χ1) is 13.3. The van der Waals surface area contributed by atoms with Gasteiger partial charge in [-0.25, -0.2) is 8.42 Å². The van der Waals surface area contributed by atoms with Crippen molar-refractivity contribution in [1.82, 2.24) is 8.87 Å². The van der Waals surface area contributed by atoms with E-state index >= 15 is 0 Å². The highest BCUT2D eigenvalue weighted by atomic mass is 35.5. The number of hydrogen-bond acceptors (Lipinski definition) is 5. The Bertz CT molecular complexity index is 1050. The van der Waals surface area contributed by atoms with Crippen molar-refractivity contribution in [2.45, 2.75) is 18.4 Å². The summed E-state index contributed by atoms with van der Waals surface area (Å²) in [7, 11) is -3.95. The molecular formula is C18H20ClN3O5S. The zero-order valence-electron chi connectivity index (χ0n) is 15.2. The fraction of sp³-hybridized carbons (Fsp3) is 0.333. The summed E-state index contributed by atoms with van der Waals surface area (Å²) < 4.78 is 33.0. The van der Waals surface area contributed by atoms with Crippen LogP contribution in [-0.2, 0) is 26.1 Å². The predicted molar refractivity (Wildman–Crippen MR) is 105 cm³/mol. The molecule has 1 fully saturated rings. The van der Waals surface area contributed by atoms with E-state index in [9.17, 15) is 18.0 Å². The van der Waals surface area contributed by atoms with Crippen LogP contribution < -0.4 is 10.9 Å². The molecule has 8 nitrogen and oxygen atoms in total. The lowest BCUT2D eigenvalue weighted by atomic mass is 10.2. The Morgan fingerprint density at radius 1 is 1.25 bits per heavy atom. The van der Waals surface area contributed by atoms with Gasteiger partial charge in [0.2, 0.25) is 15.9 Å². The maximum atomic E-state index is 12.8. The Kier molecular flexibility index (Phi) is 6.19. The highest BCUT2D eigenvalue weighted by molar-refractivity contribution is 7.89. The smallest absolute Gasteiger partial charge is 0.271 e. The molecule has 28 heavy (non-hydrogen) atoms. The second-order valence-corrected chi connectivity index (χ2v) is 8.67. The summed E-state index contributed by atoms with van der Waals surface area (Å²) in [5.74, 6) is -0.464. The molecule has 0 spiro atoms. The lowest BCUT2D eigenvalue weighted by molar-refractivity contribution is -0.116. The van der Waals surface area contributed by atoms with E-state index in [1.165, 1.54) is 22.6 Å². The van der Waals surface area contributed by atoms with Crippen LogP contribution in [0.1, 0.15) is 5.56 Å². The average Bonchev–Trinajstić information content (AvgIpc) is 2.67. The predicted octanol–water partition coefficient (Wildman–Crippen LogP) is 1.47. The standard InChI is InChI=1S/C18H20ClN3O5S/c1-13-4-5-14(19)11-15(13)20-17(23)12-21-6-2-3-16(18(21)24)28(25,26)22-7-9-27-10-8-22/h2-6,11H,7-10,12H2,1H3,(H,20,23). The summed E-state index contributed by atoms with van der Waals surface area (Å²) in [6.07, 6.45) is 1.38. The zero-order chi connectivity index (χ0) is 20.3. The molecule has 1 aromatic heterocycles. The van der Waals surface area contributed by atoms with E-state index in [4.69, 9.17) is 16.3 Å². The number of rotatable bonds is 5. The number of halogens is 1. The zero-order valence-corrected chi connectivity index (χ0v) is 16.8. The largest absolute Gasteiger partial charge is 0.379 e. The lowest BCUT2D eigenvalue weighted by Crippen LogP contribution is -2.43. The highest BCUT2D eigenvalue weighted by Crippen LogP contribution is 2.20. The number of ether oxygens (including phenoxy) is 1. The molecule has 0 aliphatic carbocycles. The van der Waals surface area contributed by atoms with Crippen LogP contribution in [0.2, 0.25) is 5.02 Å². The summed E-state index contributed by atoms with van der Waals surface area (Å²) in [6, 6.07) is 7.77. The van der Waals surface area contributed by atoms with Crippen molar-refractivity contribution in [2.24, 2.45) is 0 Å². The molecule has 0 radical (unpaired) electrons. The minimum absolute atomic E-state index is 0.186. The molecule has 1 aromatic carbocycles. The van der Waals surface area contributed by atoms with Gasteiger partial charge in [-0.3, -0.25) is 9.59 Å². The van der Waals surface area contributed by atoms with Crippen molar-refractivity contribution in [1.29, 1.82) is 0 Å². The monoisotopic (exact) mass is 425 g/mol. The van der Waals surface area contributed by atoms with Crippen molar-refractivity contribution in [3.8, 4) is 0 Å². The normalized spacial score (nSPS) is 15.4. The fourth-order valence-corrected chi connectivity index (χ4v) is 4.50. The van der Waals surface area contributed by atoms with E-state index in [0.717, 1.165) is 10.1 Å². The summed E-state index contributed by atoms with van der Waals surface area (Å²) in [5.41, 5.74) is 0.600. The molecule has 2 aromatic rings. The number of pyridine rings is 1. The van der Waals surface area contributed by atoms with Gasteiger partial charge in [0.05, 0.1) is 13.2 Å². The van der Waals surface area contributed by atoms with Crippen LogP contribution in [0, 0.1) is 6.92 Å². The van der Waals surface area contributed by atoms with Crippen LogP contribution in [0.25, 0.3) is 0 Å². The molecule has 1 saturated heterocycles. The van der Waals surface area contributed by atoms with Crippen molar-refractivity contribution in [2.75, 3.05) is 31.6 Å². The van der Waals surface area contributed by atoms with Gasteiger partial charge in [-0.05, 0) is 36.8 Å². The number of amides is 1. The van der Waals surface area contributed by atoms with E-state index in [1.807, 2.05) is 6.92 Å². The van der Waals surface area contributed by atoms with Crippen molar-refractivity contribution >= 4 is 33.2 Å². The molecular weight excluding hydrogens is 406 g/mol. The van der Waals surface area contributed by atoms with E-state index in [-0.39, 0.29) is 37.7 Å². The number of nitrogens with zero attached hydrogens (tertiary/aromatic N) is 2. The van der Waals surface area contributed by atoms with Gasteiger partial charge in [0, 0.05) is 30.0 Å². The minimum atomic E-state index is -3.95. The Morgan fingerprint density at radius 3 is 2.68 bits per heavy atom. The van der Waals surface area contributed by atoms with E-state index in [1.54, 1.807) is 18.2 Å². The molecule has 10 heteroatoms. The van der Waals surface area contributed by atoms with Crippen LogP contribution in [0.15, 0.2) is 46.2 Å². The molecule has 150 valence electrons. The third-order valence-corrected chi connectivity index (χ3v) is 6.51. The number of morpholine rings is 1. The molecule has 1 aliphatic heterocycles. The van der Waals surface area contributed by atoms with Gasteiger partial charge < -0.3 is 14.6 Å². The Balaban J connectivity index is 1.82. The van der Waals surface area contributed by atoms with Gasteiger partial charge in [-0.15, -0.1) is 0 Å². The number of anilines is 1. The maximum Gasteiger partial charge on any atom is 0.271 e. The minimum Gasteiger partial charge on any atom is -0.379 e. The number of aryl methyl sites for hydroxylation is 1. The number of nitrogens with one attached hydrogen (secondary N) is 1. The quantitative estimate of drug-likeness (QED) is 0.782. The second kappa shape index (κ2) is 8.44. The molecule has 1 aliphatic rings. The van der Waals surface area contributed by atoms with Crippen LogP contribution in [0.5, 0.6) is 0 Å². The number of carbonyl (C=O) groups is 1. The van der Waals surface area contributed by atoms with Gasteiger partial charge in [0.15, 0.2) is 0 Å². The van der Waals surface area contributed by atoms with Crippen LogP contribution in [0.4, 0.5) is 5.69 Å². The van der Waals surface area contributed by atoms with Gasteiger partial charge in [0.1, 0.15) is 11.4 Å². The van der Waals surface area contributed by atoms with Gasteiger partial charge in [0.25, 0.3) is 5.56 Å².